The minimum atomic E-state index is -0.994. The van der Waals surface area contributed by atoms with E-state index in [9.17, 15) is 19.2 Å². The highest BCUT2D eigenvalue weighted by Gasteiger charge is 2.36. The summed E-state index contributed by atoms with van der Waals surface area (Å²) >= 11 is 0. The Morgan fingerprint density at radius 3 is 2.75 bits per heavy atom. The van der Waals surface area contributed by atoms with Crippen LogP contribution in [0.25, 0.3) is 0 Å². The predicted octanol–water partition coefficient (Wildman–Crippen LogP) is -0.397. The number of nitrogens with zero attached hydrogens (tertiary/aromatic N) is 1. The van der Waals surface area contributed by atoms with Crippen LogP contribution in [0.2, 0.25) is 0 Å². The van der Waals surface area contributed by atoms with Gasteiger partial charge in [-0.2, -0.15) is 0 Å². The maximum atomic E-state index is 12.5. The number of carbonyl (C=O) groups excluding carboxylic acids is 4. The van der Waals surface area contributed by atoms with Crippen LogP contribution in [0.3, 0.4) is 0 Å². The van der Waals surface area contributed by atoms with Gasteiger partial charge in [-0.25, -0.2) is 0 Å². The van der Waals surface area contributed by atoms with Crippen LogP contribution in [-0.4, -0.2) is 47.2 Å². The monoisotopic (exact) mass is 330 g/mol. The number of rotatable bonds is 3. The molecule has 24 heavy (non-hydrogen) atoms. The molecule has 8 nitrogen and oxygen atoms in total. The first-order valence-corrected chi connectivity index (χ1v) is 7.77. The van der Waals surface area contributed by atoms with Crippen molar-refractivity contribution in [2.45, 2.75) is 31.3 Å². The van der Waals surface area contributed by atoms with Gasteiger partial charge in [0, 0.05) is 6.54 Å². The summed E-state index contributed by atoms with van der Waals surface area (Å²) in [6, 6.07) is 4.99. The van der Waals surface area contributed by atoms with Gasteiger partial charge >= 0.3 is 0 Å². The van der Waals surface area contributed by atoms with Crippen molar-refractivity contribution in [1.29, 1.82) is 0 Å². The molecule has 2 aliphatic rings. The summed E-state index contributed by atoms with van der Waals surface area (Å²) in [7, 11) is 0. The summed E-state index contributed by atoms with van der Waals surface area (Å²) in [6.45, 7) is 0.426. The summed E-state index contributed by atoms with van der Waals surface area (Å²) in [4.78, 5) is 49.8. The lowest BCUT2D eigenvalue weighted by molar-refractivity contribution is -0.138. The van der Waals surface area contributed by atoms with Crippen molar-refractivity contribution in [2.75, 3.05) is 11.9 Å². The molecule has 0 spiro atoms. The standard InChI is InChI=1S/C16H18N4O4/c17-14(22)12-6-3-7-20(12)13(21)8-11-16(24)18-10-5-2-1-4-9(10)15(23)19-11/h1-2,4-5,11-12H,3,6-8H2,(H2,17,22)(H,18,24)(H,19,23)/t11-,12+/m1/s1. The zero-order chi connectivity index (χ0) is 17.3. The molecule has 4 N–H and O–H groups in total. The van der Waals surface area contributed by atoms with Crippen molar-refractivity contribution < 1.29 is 19.2 Å². The van der Waals surface area contributed by atoms with E-state index in [0.717, 1.165) is 0 Å². The Balaban J connectivity index is 1.74. The van der Waals surface area contributed by atoms with E-state index in [1.54, 1.807) is 24.3 Å². The largest absolute Gasteiger partial charge is 0.368 e. The fraction of sp³-hybridized carbons (Fsp3) is 0.375. The lowest BCUT2D eigenvalue weighted by Gasteiger charge is -2.24. The number of primary amides is 1. The van der Waals surface area contributed by atoms with E-state index >= 15 is 0 Å². The molecule has 1 saturated heterocycles. The average molecular weight is 330 g/mol. The van der Waals surface area contributed by atoms with Crippen molar-refractivity contribution >= 4 is 29.3 Å². The van der Waals surface area contributed by atoms with Gasteiger partial charge in [0.2, 0.25) is 17.7 Å². The molecule has 2 aliphatic heterocycles. The van der Waals surface area contributed by atoms with Crippen LogP contribution in [0.5, 0.6) is 0 Å². The molecule has 126 valence electrons. The van der Waals surface area contributed by atoms with E-state index in [-0.39, 0.29) is 12.3 Å². The summed E-state index contributed by atoms with van der Waals surface area (Å²) in [6.07, 6.45) is 0.999. The molecule has 1 aromatic carbocycles. The Bertz CT molecular complexity index is 718. The molecule has 1 fully saturated rings. The molecule has 8 heteroatoms. The summed E-state index contributed by atoms with van der Waals surface area (Å²) in [5.41, 5.74) is 6.06. The number of amides is 4. The van der Waals surface area contributed by atoms with Gasteiger partial charge in [0.25, 0.3) is 5.91 Å². The summed E-state index contributed by atoms with van der Waals surface area (Å²) in [5, 5.41) is 5.22. The van der Waals surface area contributed by atoms with Crippen LogP contribution < -0.4 is 16.4 Å². The number of carbonyl (C=O) groups is 4. The van der Waals surface area contributed by atoms with Gasteiger partial charge < -0.3 is 21.3 Å². The fourth-order valence-electron chi connectivity index (χ4n) is 3.11. The van der Waals surface area contributed by atoms with Crippen molar-refractivity contribution in [3.63, 3.8) is 0 Å². The minimum Gasteiger partial charge on any atom is -0.368 e. The molecule has 2 atom stereocenters. The van der Waals surface area contributed by atoms with E-state index in [1.165, 1.54) is 4.90 Å². The molecule has 0 unspecified atom stereocenters. The molecular weight excluding hydrogens is 312 g/mol. The van der Waals surface area contributed by atoms with Crippen LogP contribution in [0.15, 0.2) is 24.3 Å². The van der Waals surface area contributed by atoms with Gasteiger partial charge in [-0.15, -0.1) is 0 Å². The van der Waals surface area contributed by atoms with Crippen LogP contribution in [0.4, 0.5) is 5.69 Å². The lowest BCUT2D eigenvalue weighted by atomic mass is 10.1. The van der Waals surface area contributed by atoms with Crippen LogP contribution in [0, 0.1) is 0 Å². The Morgan fingerprint density at radius 1 is 1.25 bits per heavy atom. The third-order valence-electron chi connectivity index (χ3n) is 4.33. The van der Waals surface area contributed by atoms with Crippen molar-refractivity contribution in [3.05, 3.63) is 29.8 Å². The first-order valence-electron chi connectivity index (χ1n) is 7.77. The third kappa shape index (κ3) is 2.94. The SMILES string of the molecule is NC(=O)[C@@H]1CCCN1C(=O)C[C@H]1NC(=O)c2ccccc2NC1=O. The summed E-state index contributed by atoms with van der Waals surface area (Å²) in [5.74, 6) is -1.81. The highest BCUT2D eigenvalue weighted by molar-refractivity contribution is 6.10. The van der Waals surface area contributed by atoms with Gasteiger partial charge in [0.15, 0.2) is 0 Å². The number of para-hydroxylation sites is 1. The quantitative estimate of drug-likeness (QED) is 0.698. The lowest BCUT2D eigenvalue weighted by Crippen LogP contribution is -2.48. The van der Waals surface area contributed by atoms with Crippen molar-refractivity contribution in [1.82, 2.24) is 10.2 Å². The molecule has 0 aromatic heterocycles. The first-order chi connectivity index (χ1) is 11.5. The zero-order valence-electron chi connectivity index (χ0n) is 13.0. The number of nitrogens with one attached hydrogen (secondary N) is 2. The normalized spacial score (nSPS) is 23.1. The predicted molar refractivity (Wildman–Crippen MR) is 84.9 cm³/mol. The van der Waals surface area contributed by atoms with Gasteiger partial charge in [0.1, 0.15) is 12.1 Å². The Kier molecular flexibility index (Phi) is 4.20. The van der Waals surface area contributed by atoms with Crippen LogP contribution in [0.1, 0.15) is 29.6 Å². The van der Waals surface area contributed by atoms with Crippen LogP contribution >= 0.6 is 0 Å². The second-order valence-electron chi connectivity index (χ2n) is 5.91. The number of likely N-dealkylation sites (tertiary alicyclic amines) is 1. The van der Waals surface area contributed by atoms with E-state index in [2.05, 4.69) is 10.6 Å². The van der Waals surface area contributed by atoms with Gasteiger partial charge in [0.05, 0.1) is 17.7 Å². The summed E-state index contributed by atoms with van der Waals surface area (Å²) < 4.78 is 0. The second-order valence-corrected chi connectivity index (χ2v) is 5.91. The molecule has 1 aromatic rings. The molecule has 0 bridgehead atoms. The maximum Gasteiger partial charge on any atom is 0.254 e. The molecule has 0 saturated carbocycles. The average Bonchev–Trinajstić information content (AvgIpc) is 3.00. The third-order valence-corrected chi connectivity index (χ3v) is 4.33. The topological polar surface area (TPSA) is 122 Å². The smallest absolute Gasteiger partial charge is 0.254 e. The second kappa shape index (κ2) is 6.31. The number of fused-ring (bicyclic) bond motifs is 1. The van der Waals surface area contributed by atoms with E-state index < -0.39 is 29.8 Å². The molecule has 0 aliphatic carbocycles. The highest BCUT2D eigenvalue weighted by atomic mass is 16.2. The van der Waals surface area contributed by atoms with Crippen molar-refractivity contribution in [2.24, 2.45) is 5.73 Å². The Hall–Kier alpha value is -2.90. The Morgan fingerprint density at radius 2 is 2.00 bits per heavy atom. The number of nitrogens with two attached hydrogens (primary N) is 1. The molecule has 2 heterocycles. The number of hydrogen-bond acceptors (Lipinski definition) is 4. The van der Waals surface area contributed by atoms with E-state index in [1.807, 2.05) is 0 Å². The molecule has 0 radical (unpaired) electrons. The van der Waals surface area contributed by atoms with Crippen molar-refractivity contribution in [3.8, 4) is 0 Å². The van der Waals surface area contributed by atoms with Gasteiger partial charge in [-0.1, -0.05) is 12.1 Å². The van der Waals surface area contributed by atoms with Gasteiger partial charge in [-0.05, 0) is 25.0 Å². The zero-order valence-corrected chi connectivity index (χ0v) is 13.0. The number of hydrogen-bond donors (Lipinski definition) is 3. The van der Waals surface area contributed by atoms with Gasteiger partial charge in [-0.3, -0.25) is 19.2 Å². The Labute approximate surface area is 138 Å². The van der Waals surface area contributed by atoms with E-state index in [4.69, 9.17) is 5.73 Å². The molecule has 4 amide bonds. The maximum absolute atomic E-state index is 12.5. The molecule has 3 rings (SSSR count). The number of benzene rings is 1. The van der Waals surface area contributed by atoms with Crippen LogP contribution in [-0.2, 0) is 14.4 Å². The first kappa shape index (κ1) is 16.0. The fourth-order valence-corrected chi connectivity index (χ4v) is 3.11. The van der Waals surface area contributed by atoms with E-state index in [0.29, 0.717) is 30.6 Å². The highest BCUT2D eigenvalue weighted by Crippen LogP contribution is 2.21. The number of anilines is 1. The molecular formula is C16H18N4O4. The minimum absolute atomic E-state index is 0.213.